The van der Waals surface area contributed by atoms with Crippen LogP contribution in [0.1, 0.15) is 55.4 Å². The Labute approximate surface area is 217 Å². The van der Waals surface area contributed by atoms with Crippen molar-refractivity contribution in [2.75, 3.05) is 30.4 Å². The summed E-state index contributed by atoms with van der Waals surface area (Å²) in [6.45, 7) is 1.68. The van der Waals surface area contributed by atoms with E-state index in [1.165, 1.54) is 0 Å². The van der Waals surface area contributed by atoms with Gasteiger partial charge in [0.15, 0.2) is 0 Å². The number of para-hydroxylation sites is 1. The van der Waals surface area contributed by atoms with E-state index >= 15 is 0 Å². The van der Waals surface area contributed by atoms with Crippen LogP contribution in [0.15, 0.2) is 42.5 Å². The van der Waals surface area contributed by atoms with Crippen LogP contribution < -0.4 is 9.84 Å². The third-order valence-corrected chi connectivity index (χ3v) is 6.67. The number of anilines is 1. The summed E-state index contributed by atoms with van der Waals surface area (Å²) in [6.07, 6.45) is 3.03. The molecule has 0 amide bonds. The van der Waals surface area contributed by atoms with E-state index in [9.17, 15) is 28.4 Å². The van der Waals surface area contributed by atoms with E-state index in [-0.39, 0.29) is 44.7 Å². The highest BCUT2D eigenvalue weighted by Crippen LogP contribution is 2.26. The van der Waals surface area contributed by atoms with E-state index in [4.69, 9.17) is 9.84 Å². The number of esters is 1. The van der Waals surface area contributed by atoms with E-state index < -0.39 is 27.0 Å². The van der Waals surface area contributed by atoms with Gasteiger partial charge in [-0.05, 0) is 37.0 Å². The average molecular weight is 538 g/mol. The Kier molecular flexibility index (Phi) is 11.9. The molecule has 3 N–H and O–H groups in total. The maximum Gasteiger partial charge on any atom is 0.306 e. The van der Waals surface area contributed by atoms with Crippen LogP contribution in [0.5, 0.6) is 0 Å². The van der Waals surface area contributed by atoms with Crippen molar-refractivity contribution >= 4 is 27.4 Å². The molecule has 0 aliphatic carbocycles. The Bertz CT molecular complexity index is 1140. The molecule has 1 unspecified atom stereocenters. The minimum atomic E-state index is -3.72. The van der Waals surface area contributed by atoms with Crippen molar-refractivity contribution in [1.29, 1.82) is 0 Å². The Morgan fingerprint density at radius 2 is 1.81 bits per heavy atom. The molecule has 37 heavy (non-hydrogen) atoms. The highest BCUT2D eigenvalue weighted by Gasteiger charge is 2.22. The van der Waals surface area contributed by atoms with Crippen LogP contribution in [-0.2, 0) is 32.4 Å². The number of ether oxygens (including phenoxy) is 1. The first-order chi connectivity index (χ1) is 17.6. The predicted molar refractivity (Wildman–Crippen MR) is 139 cm³/mol. The largest absolute Gasteiger partial charge is 0.463 e. The zero-order chi connectivity index (χ0) is 27.4. The van der Waals surface area contributed by atoms with Gasteiger partial charge in [0.25, 0.3) is 5.69 Å². The van der Waals surface area contributed by atoms with Crippen LogP contribution in [-0.4, -0.2) is 55.5 Å². The lowest BCUT2D eigenvalue weighted by molar-refractivity contribution is -0.386. The van der Waals surface area contributed by atoms with Gasteiger partial charge in [0.05, 0.1) is 29.6 Å². The fourth-order valence-electron chi connectivity index (χ4n) is 3.84. The van der Waals surface area contributed by atoms with Gasteiger partial charge in [0.1, 0.15) is 6.61 Å². The Morgan fingerprint density at radius 1 is 1.16 bits per heavy atom. The lowest BCUT2D eigenvalue weighted by atomic mass is 10.0. The SMILES string of the molecule is CCCCC(O)c1ccc(N(NCCc2cccc(CCC(=O)OCCO)c2[N+](=O)[O-])S(C)(=O)=O)cc1. The zero-order valence-corrected chi connectivity index (χ0v) is 21.9. The molecule has 11 nitrogen and oxygen atoms in total. The fraction of sp³-hybridized carbons (Fsp3) is 0.480. The van der Waals surface area contributed by atoms with E-state index in [0.717, 1.165) is 23.5 Å². The van der Waals surface area contributed by atoms with Crippen molar-refractivity contribution in [2.45, 2.75) is 51.6 Å². The van der Waals surface area contributed by atoms with E-state index in [2.05, 4.69) is 5.43 Å². The first kappa shape index (κ1) is 30.2. The number of carbonyl (C=O) groups excluding carboxylic acids is 1. The molecule has 204 valence electrons. The van der Waals surface area contributed by atoms with Gasteiger partial charge in [-0.15, -0.1) is 0 Å². The molecule has 0 aliphatic heterocycles. The number of carbonyl (C=O) groups is 1. The van der Waals surface area contributed by atoms with Crippen molar-refractivity contribution < 1.29 is 33.1 Å². The molecular weight excluding hydrogens is 502 g/mol. The normalized spacial score (nSPS) is 12.2. The number of hydrogen-bond donors (Lipinski definition) is 3. The number of benzene rings is 2. The molecule has 0 heterocycles. The first-order valence-corrected chi connectivity index (χ1v) is 14.0. The van der Waals surface area contributed by atoms with Gasteiger partial charge in [0.2, 0.25) is 10.0 Å². The number of unbranched alkanes of at least 4 members (excludes halogenated alkanes) is 1. The minimum Gasteiger partial charge on any atom is -0.463 e. The molecular formula is C25H35N3O8S. The van der Waals surface area contributed by atoms with Crippen molar-refractivity contribution in [3.05, 3.63) is 69.3 Å². The molecule has 12 heteroatoms. The number of aliphatic hydroxyl groups is 2. The number of rotatable bonds is 16. The Morgan fingerprint density at radius 3 is 2.38 bits per heavy atom. The number of nitro benzene ring substituents is 1. The van der Waals surface area contributed by atoms with Crippen molar-refractivity contribution in [3.63, 3.8) is 0 Å². The van der Waals surface area contributed by atoms with Gasteiger partial charge in [-0.3, -0.25) is 14.9 Å². The second-order valence-electron chi connectivity index (χ2n) is 8.56. The molecule has 0 bridgehead atoms. The summed E-state index contributed by atoms with van der Waals surface area (Å²) in [5.74, 6) is -0.567. The average Bonchev–Trinajstić information content (AvgIpc) is 2.86. The standard InChI is InChI=1S/C25H35N3O8S/c1-3-4-8-23(30)19-9-12-22(13-10-19)27(37(2,34)35)26-16-15-21-7-5-6-20(25(21)28(32)33)11-14-24(31)36-18-17-29/h5-7,9-10,12-13,23,26,29-30H,3-4,8,11,14-18H2,1-2H3. The molecule has 2 rings (SSSR count). The van der Waals surface area contributed by atoms with Crippen LogP contribution in [0.25, 0.3) is 0 Å². The maximum absolute atomic E-state index is 12.4. The number of nitrogens with one attached hydrogen (secondary N) is 1. The molecule has 0 fully saturated rings. The van der Waals surface area contributed by atoms with Gasteiger partial charge in [-0.1, -0.05) is 50.1 Å². The van der Waals surface area contributed by atoms with Crippen molar-refractivity contribution in [2.24, 2.45) is 0 Å². The lowest BCUT2D eigenvalue weighted by Crippen LogP contribution is -2.43. The van der Waals surface area contributed by atoms with Gasteiger partial charge >= 0.3 is 5.97 Å². The molecule has 0 aliphatic rings. The Balaban J connectivity index is 2.12. The molecule has 0 spiro atoms. The number of nitro groups is 1. The predicted octanol–water partition coefficient (Wildman–Crippen LogP) is 2.80. The second-order valence-corrected chi connectivity index (χ2v) is 10.4. The molecule has 2 aromatic rings. The summed E-state index contributed by atoms with van der Waals surface area (Å²) in [5.41, 5.74) is 4.49. The van der Waals surface area contributed by atoms with Crippen LogP contribution in [0.4, 0.5) is 11.4 Å². The third kappa shape index (κ3) is 9.39. The maximum atomic E-state index is 12.4. The fourth-order valence-corrected chi connectivity index (χ4v) is 4.67. The number of nitrogens with zero attached hydrogens (tertiary/aromatic N) is 2. The number of aliphatic hydroxyl groups excluding tert-OH is 2. The summed E-state index contributed by atoms with van der Waals surface area (Å²) < 4.78 is 30.7. The van der Waals surface area contributed by atoms with Crippen LogP contribution in [0.2, 0.25) is 0 Å². The van der Waals surface area contributed by atoms with E-state index in [1.54, 1.807) is 42.5 Å². The molecule has 0 saturated carbocycles. The number of sulfonamides is 1. The van der Waals surface area contributed by atoms with Crippen LogP contribution >= 0.6 is 0 Å². The molecule has 0 radical (unpaired) electrons. The van der Waals surface area contributed by atoms with Gasteiger partial charge in [-0.2, -0.15) is 0 Å². The van der Waals surface area contributed by atoms with Gasteiger partial charge in [0, 0.05) is 24.1 Å². The summed E-state index contributed by atoms with van der Waals surface area (Å²) in [5, 5.41) is 30.8. The molecule has 2 aromatic carbocycles. The van der Waals surface area contributed by atoms with Crippen LogP contribution in [0.3, 0.4) is 0 Å². The molecule has 0 aromatic heterocycles. The Hall–Kier alpha value is -3.06. The monoisotopic (exact) mass is 537 g/mol. The number of hydrazine groups is 1. The first-order valence-electron chi connectivity index (χ1n) is 12.1. The lowest BCUT2D eigenvalue weighted by Gasteiger charge is -2.24. The van der Waals surface area contributed by atoms with Gasteiger partial charge < -0.3 is 14.9 Å². The van der Waals surface area contributed by atoms with Crippen LogP contribution in [0, 0.1) is 10.1 Å². The molecule has 0 saturated heterocycles. The highest BCUT2D eigenvalue weighted by atomic mass is 32.2. The van der Waals surface area contributed by atoms with Crippen molar-refractivity contribution in [3.8, 4) is 0 Å². The summed E-state index contributed by atoms with van der Waals surface area (Å²) in [6, 6.07) is 11.3. The van der Waals surface area contributed by atoms with Gasteiger partial charge in [-0.25, -0.2) is 18.3 Å². The van der Waals surface area contributed by atoms with Crippen molar-refractivity contribution in [1.82, 2.24) is 5.43 Å². The number of hydrogen-bond acceptors (Lipinski definition) is 9. The second kappa shape index (κ2) is 14.6. The summed E-state index contributed by atoms with van der Waals surface area (Å²) in [7, 11) is -3.72. The number of aryl methyl sites for hydroxylation is 1. The molecule has 1 atom stereocenters. The highest BCUT2D eigenvalue weighted by molar-refractivity contribution is 7.92. The quantitative estimate of drug-likeness (QED) is 0.166. The summed E-state index contributed by atoms with van der Waals surface area (Å²) >= 11 is 0. The van der Waals surface area contributed by atoms with E-state index in [1.807, 2.05) is 6.92 Å². The minimum absolute atomic E-state index is 0.0759. The topological polar surface area (TPSA) is 159 Å². The third-order valence-electron chi connectivity index (χ3n) is 5.66. The van der Waals surface area contributed by atoms with E-state index in [0.29, 0.717) is 28.8 Å². The smallest absolute Gasteiger partial charge is 0.306 e. The summed E-state index contributed by atoms with van der Waals surface area (Å²) in [4.78, 5) is 23.0. The zero-order valence-electron chi connectivity index (χ0n) is 21.1.